The Kier molecular flexibility index (Phi) is 5.54. The van der Waals surface area contributed by atoms with Crippen LogP contribution >= 0.6 is 31.9 Å². The van der Waals surface area contributed by atoms with Gasteiger partial charge in [-0.25, -0.2) is 0 Å². The summed E-state index contributed by atoms with van der Waals surface area (Å²) < 4.78 is 3.66. The molecule has 1 heterocycles. The second-order valence-corrected chi connectivity index (χ2v) is 7.82. The Morgan fingerprint density at radius 3 is 2.61 bits per heavy atom. The SMILES string of the molecule is CCN(CC1COCC1C)C(=N)C(Br)(Br)[N+](=O)[O-]. The number of hydrogen-bond donors (Lipinski definition) is 1. The number of nitrogens with zero attached hydrogens (tertiary/aromatic N) is 2. The van der Waals surface area contributed by atoms with E-state index in [0.717, 1.165) is 6.61 Å². The first-order valence-corrected chi connectivity index (χ1v) is 7.33. The van der Waals surface area contributed by atoms with Gasteiger partial charge in [0.05, 0.1) is 11.5 Å². The van der Waals surface area contributed by atoms with Crippen LogP contribution in [0, 0.1) is 27.4 Å². The lowest BCUT2D eigenvalue weighted by atomic mass is 9.97. The molecule has 104 valence electrons. The molecule has 1 N–H and O–H groups in total. The lowest BCUT2D eigenvalue weighted by Crippen LogP contribution is -2.47. The van der Waals surface area contributed by atoms with Gasteiger partial charge in [0.1, 0.15) is 0 Å². The second-order valence-electron chi connectivity index (χ2n) is 4.46. The molecule has 0 saturated carbocycles. The zero-order valence-electron chi connectivity index (χ0n) is 10.4. The molecule has 18 heavy (non-hydrogen) atoms. The predicted molar refractivity (Wildman–Crippen MR) is 76.0 cm³/mol. The molecule has 0 radical (unpaired) electrons. The summed E-state index contributed by atoms with van der Waals surface area (Å²) in [7, 11) is 0. The molecule has 1 saturated heterocycles. The highest BCUT2D eigenvalue weighted by molar-refractivity contribution is 9.25. The second kappa shape index (κ2) is 6.29. The van der Waals surface area contributed by atoms with Crippen LogP contribution in [0.1, 0.15) is 13.8 Å². The average Bonchev–Trinajstić information content (AvgIpc) is 2.70. The van der Waals surface area contributed by atoms with Crippen molar-refractivity contribution in [1.29, 1.82) is 5.41 Å². The summed E-state index contributed by atoms with van der Waals surface area (Å²) in [6.45, 7) is 6.50. The molecule has 1 fully saturated rings. The summed E-state index contributed by atoms with van der Waals surface area (Å²) in [6.07, 6.45) is 0. The monoisotopic (exact) mass is 385 g/mol. The molecule has 0 aromatic rings. The molecule has 2 unspecified atom stereocenters. The number of amidine groups is 1. The molecule has 1 aliphatic heterocycles. The Bertz CT molecular complexity index is 338. The molecule has 1 rings (SSSR count). The minimum absolute atomic E-state index is 0.0888. The van der Waals surface area contributed by atoms with Gasteiger partial charge in [-0.2, -0.15) is 0 Å². The van der Waals surface area contributed by atoms with E-state index in [1.807, 2.05) is 6.92 Å². The Morgan fingerprint density at radius 2 is 2.22 bits per heavy atom. The molecule has 1 aliphatic rings. The molecular formula is C10H17Br2N3O3. The van der Waals surface area contributed by atoms with Gasteiger partial charge in [-0.3, -0.25) is 15.5 Å². The van der Waals surface area contributed by atoms with Gasteiger partial charge >= 0.3 is 3.36 Å². The summed E-state index contributed by atoms with van der Waals surface area (Å²) in [4.78, 5) is 12.0. The third-order valence-electron chi connectivity index (χ3n) is 3.18. The van der Waals surface area contributed by atoms with Gasteiger partial charge in [-0.1, -0.05) is 6.92 Å². The number of rotatable bonds is 5. The van der Waals surface area contributed by atoms with E-state index in [4.69, 9.17) is 10.1 Å². The van der Waals surface area contributed by atoms with Gasteiger partial charge in [-0.15, -0.1) is 0 Å². The van der Waals surface area contributed by atoms with Crippen LogP contribution in [-0.4, -0.2) is 45.3 Å². The Balaban J connectivity index is 2.71. The van der Waals surface area contributed by atoms with Crippen LogP contribution in [0.5, 0.6) is 0 Å². The van der Waals surface area contributed by atoms with E-state index in [2.05, 4.69) is 38.8 Å². The maximum atomic E-state index is 10.9. The molecule has 0 aliphatic carbocycles. The quantitative estimate of drug-likeness (QED) is 0.196. The van der Waals surface area contributed by atoms with E-state index in [1.54, 1.807) is 4.90 Å². The van der Waals surface area contributed by atoms with Crippen molar-refractivity contribution >= 4 is 37.7 Å². The molecule has 0 aromatic heterocycles. The van der Waals surface area contributed by atoms with Crippen molar-refractivity contribution in [2.45, 2.75) is 17.2 Å². The van der Waals surface area contributed by atoms with Gasteiger partial charge in [-0.05, 0) is 12.8 Å². The fraction of sp³-hybridized carbons (Fsp3) is 0.900. The maximum absolute atomic E-state index is 10.9. The van der Waals surface area contributed by atoms with Gasteiger partial charge in [0.25, 0.3) is 0 Å². The van der Waals surface area contributed by atoms with Crippen LogP contribution in [-0.2, 0) is 4.74 Å². The zero-order valence-corrected chi connectivity index (χ0v) is 13.5. The van der Waals surface area contributed by atoms with Gasteiger partial charge < -0.3 is 9.64 Å². The highest BCUT2D eigenvalue weighted by Gasteiger charge is 2.45. The van der Waals surface area contributed by atoms with Crippen LogP contribution in [0.2, 0.25) is 0 Å². The molecule has 2 atom stereocenters. The van der Waals surface area contributed by atoms with Crippen molar-refractivity contribution in [2.75, 3.05) is 26.3 Å². The minimum Gasteiger partial charge on any atom is -0.381 e. The smallest absolute Gasteiger partial charge is 0.381 e. The summed E-state index contributed by atoms with van der Waals surface area (Å²) in [5.74, 6) is 0.643. The van der Waals surface area contributed by atoms with Gasteiger partial charge in [0.15, 0.2) is 5.84 Å². The molecule has 0 amide bonds. The predicted octanol–water partition coefficient (Wildman–Crippen LogP) is 2.29. The highest BCUT2D eigenvalue weighted by Crippen LogP contribution is 2.31. The maximum Gasteiger partial charge on any atom is 0.382 e. The Hall–Kier alpha value is -0.210. The van der Waals surface area contributed by atoms with Crippen LogP contribution in [0.4, 0.5) is 0 Å². The summed E-state index contributed by atoms with van der Waals surface area (Å²) in [6, 6.07) is 0. The zero-order chi connectivity index (χ0) is 13.9. The Labute approximate surface area is 123 Å². The largest absolute Gasteiger partial charge is 0.382 e. The number of ether oxygens (including phenoxy) is 1. The molecular weight excluding hydrogens is 370 g/mol. The van der Waals surface area contributed by atoms with E-state index in [9.17, 15) is 10.1 Å². The van der Waals surface area contributed by atoms with Crippen molar-refractivity contribution in [2.24, 2.45) is 11.8 Å². The first-order valence-electron chi connectivity index (χ1n) is 5.74. The third kappa shape index (κ3) is 3.42. The normalized spacial score (nSPS) is 24.0. The number of hydrogen-bond acceptors (Lipinski definition) is 4. The van der Waals surface area contributed by atoms with Crippen LogP contribution in [0.3, 0.4) is 0 Å². The first kappa shape index (κ1) is 15.8. The Morgan fingerprint density at radius 1 is 1.61 bits per heavy atom. The van der Waals surface area contributed by atoms with E-state index in [1.165, 1.54) is 0 Å². The summed E-state index contributed by atoms with van der Waals surface area (Å²) in [5, 5.41) is 18.9. The van der Waals surface area contributed by atoms with Gasteiger partial charge in [0, 0.05) is 57.5 Å². The standard InChI is InChI=1S/C10H17Br2N3O3/c1-3-14(4-8-6-18-5-7(8)2)9(13)10(11,12)15(16)17/h7-8,13H,3-6H2,1-2H3. The van der Waals surface area contributed by atoms with E-state index in [0.29, 0.717) is 31.5 Å². The van der Waals surface area contributed by atoms with Gasteiger partial charge in [0.2, 0.25) is 0 Å². The van der Waals surface area contributed by atoms with E-state index < -0.39 is 8.28 Å². The molecule has 0 bridgehead atoms. The number of alkyl halides is 2. The lowest BCUT2D eigenvalue weighted by Gasteiger charge is -2.29. The van der Waals surface area contributed by atoms with E-state index in [-0.39, 0.29) is 5.84 Å². The molecule has 0 aromatic carbocycles. The topological polar surface area (TPSA) is 79.5 Å². The highest BCUT2D eigenvalue weighted by atomic mass is 79.9. The van der Waals surface area contributed by atoms with Crippen LogP contribution < -0.4 is 0 Å². The van der Waals surface area contributed by atoms with Crippen LogP contribution in [0.15, 0.2) is 0 Å². The average molecular weight is 387 g/mol. The third-order valence-corrected chi connectivity index (χ3v) is 4.51. The van der Waals surface area contributed by atoms with Crippen LogP contribution in [0.25, 0.3) is 0 Å². The number of nitro groups is 1. The van der Waals surface area contributed by atoms with Crippen molar-refractivity contribution in [1.82, 2.24) is 4.90 Å². The fourth-order valence-corrected chi connectivity index (χ4v) is 2.38. The van der Waals surface area contributed by atoms with Crippen molar-refractivity contribution < 1.29 is 9.66 Å². The lowest BCUT2D eigenvalue weighted by molar-refractivity contribution is -0.487. The van der Waals surface area contributed by atoms with E-state index >= 15 is 0 Å². The number of likely N-dealkylation sites (N-methyl/N-ethyl adjacent to an activating group) is 1. The number of halogens is 2. The van der Waals surface area contributed by atoms with Crippen molar-refractivity contribution in [3.8, 4) is 0 Å². The first-order chi connectivity index (χ1) is 8.30. The molecule has 8 heteroatoms. The summed E-state index contributed by atoms with van der Waals surface area (Å²) in [5.41, 5.74) is 0. The summed E-state index contributed by atoms with van der Waals surface area (Å²) >= 11 is 5.88. The van der Waals surface area contributed by atoms with Crippen molar-refractivity contribution in [3.05, 3.63) is 10.1 Å². The molecule has 0 spiro atoms. The minimum atomic E-state index is -1.71. The number of nitrogens with one attached hydrogen (secondary N) is 1. The molecule has 6 nitrogen and oxygen atoms in total. The fourth-order valence-electron chi connectivity index (χ4n) is 1.88. The van der Waals surface area contributed by atoms with Crippen molar-refractivity contribution in [3.63, 3.8) is 0 Å².